The van der Waals surface area contributed by atoms with Gasteiger partial charge >= 0.3 is 6.09 Å². The molecular weight excluding hydrogens is 371 g/mol. The van der Waals surface area contributed by atoms with Gasteiger partial charge in [0.25, 0.3) is 0 Å². The van der Waals surface area contributed by atoms with Crippen molar-refractivity contribution in [3.8, 4) is 0 Å². The van der Waals surface area contributed by atoms with Crippen molar-refractivity contribution in [2.45, 2.75) is 39.2 Å². The second-order valence-corrected chi connectivity index (χ2v) is 7.93. The molecule has 1 aromatic rings. The van der Waals surface area contributed by atoms with Gasteiger partial charge in [0.05, 0.1) is 11.6 Å². The second kappa shape index (κ2) is 9.26. The summed E-state index contributed by atoms with van der Waals surface area (Å²) in [7, 11) is 0. The van der Waals surface area contributed by atoms with Crippen LogP contribution in [0.1, 0.15) is 33.6 Å². The number of ether oxygens (including phenoxy) is 1. The molecule has 0 radical (unpaired) electrons. The van der Waals surface area contributed by atoms with Crippen LogP contribution in [-0.4, -0.2) is 47.9 Å². The van der Waals surface area contributed by atoms with Gasteiger partial charge in [-0.1, -0.05) is 6.07 Å². The number of piperidine rings is 1. The summed E-state index contributed by atoms with van der Waals surface area (Å²) in [6, 6.07) is 4.72. The van der Waals surface area contributed by atoms with Crippen LogP contribution in [0.5, 0.6) is 0 Å². The number of rotatable bonds is 5. The van der Waals surface area contributed by atoms with Gasteiger partial charge < -0.3 is 20.7 Å². The molecule has 150 valence electrons. The van der Waals surface area contributed by atoms with Crippen LogP contribution in [-0.2, 0) is 4.74 Å². The minimum Gasteiger partial charge on any atom is -0.444 e. The Kier molecular flexibility index (Phi) is 7.30. The minimum atomic E-state index is -0.491. The van der Waals surface area contributed by atoms with Crippen LogP contribution in [0.4, 0.5) is 20.6 Å². The molecule has 0 spiro atoms. The molecule has 1 aromatic carbocycles. The fourth-order valence-electron chi connectivity index (χ4n) is 2.85. The van der Waals surface area contributed by atoms with Crippen molar-refractivity contribution in [3.63, 3.8) is 0 Å². The van der Waals surface area contributed by atoms with Crippen LogP contribution >= 0.6 is 11.6 Å². The molecule has 0 bridgehead atoms. The van der Waals surface area contributed by atoms with Gasteiger partial charge in [-0.15, -0.1) is 11.6 Å². The third kappa shape index (κ3) is 6.57. The maximum Gasteiger partial charge on any atom is 0.410 e. The van der Waals surface area contributed by atoms with E-state index >= 15 is 0 Å². The first-order valence-electron chi connectivity index (χ1n) is 9.09. The zero-order valence-electron chi connectivity index (χ0n) is 16.1. The Labute approximate surface area is 164 Å². The number of nitrogens with two attached hydrogens (primary N) is 1. The molecule has 1 amide bonds. The van der Waals surface area contributed by atoms with E-state index in [1.807, 2.05) is 20.8 Å². The van der Waals surface area contributed by atoms with Crippen molar-refractivity contribution in [2.75, 3.05) is 30.8 Å². The molecule has 0 saturated carbocycles. The lowest BCUT2D eigenvalue weighted by Gasteiger charge is -2.33. The van der Waals surface area contributed by atoms with Crippen LogP contribution in [0.25, 0.3) is 0 Å². The molecule has 2 rings (SSSR count). The van der Waals surface area contributed by atoms with Crippen LogP contribution in [0, 0.1) is 11.7 Å². The van der Waals surface area contributed by atoms with Crippen molar-refractivity contribution < 1.29 is 13.9 Å². The fraction of sp³-hybridized carbons (Fsp3) is 0.579. The number of hydrogen-bond donors (Lipinski definition) is 2. The lowest BCUT2D eigenvalue weighted by Crippen LogP contribution is -2.42. The van der Waals surface area contributed by atoms with E-state index in [-0.39, 0.29) is 23.5 Å². The van der Waals surface area contributed by atoms with Crippen LogP contribution in [0.2, 0.25) is 0 Å². The monoisotopic (exact) mass is 398 g/mol. The molecule has 0 atom stereocenters. The van der Waals surface area contributed by atoms with Crippen molar-refractivity contribution in [2.24, 2.45) is 16.6 Å². The lowest BCUT2D eigenvalue weighted by atomic mass is 9.97. The average molecular weight is 399 g/mol. The molecule has 3 N–H and O–H groups in total. The number of nitrogens with zero attached hydrogens (tertiary/aromatic N) is 2. The number of carbonyl (C=O) groups excluding carboxylic acids is 1. The number of halogens is 2. The average Bonchev–Trinajstić information content (AvgIpc) is 2.61. The first-order valence-corrected chi connectivity index (χ1v) is 9.62. The van der Waals surface area contributed by atoms with Gasteiger partial charge in [0, 0.05) is 19.6 Å². The highest BCUT2D eigenvalue weighted by Crippen LogP contribution is 2.29. The predicted octanol–water partition coefficient (Wildman–Crippen LogP) is 4.11. The number of hydrogen-bond acceptors (Lipinski definition) is 4. The van der Waals surface area contributed by atoms with E-state index in [0.29, 0.717) is 31.2 Å². The Morgan fingerprint density at radius 3 is 2.67 bits per heavy atom. The molecule has 8 heteroatoms. The molecule has 6 nitrogen and oxygen atoms in total. The third-order valence-corrected chi connectivity index (χ3v) is 4.50. The number of amides is 1. The summed E-state index contributed by atoms with van der Waals surface area (Å²) < 4.78 is 19.5. The summed E-state index contributed by atoms with van der Waals surface area (Å²) in [5.74, 6) is 0.120. The summed E-state index contributed by atoms with van der Waals surface area (Å²) in [6.45, 7) is 7.53. The summed E-state index contributed by atoms with van der Waals surface area (Å²) in [5.41, 5.74) is 5.90. The fourth-order valence-corrected chi connectivity index (χ4v) is 2.91. The van der Waals surface area contributed by atoms with E-state index in [4.69, 9.17) is 22.1 Å². The summed E-state index contributed by atoms with van der Waals surface area (Å²) in [5, 5.41) is 3.26. The molecule has 1 aliphatic rings. The quantitative estimate of drug-likeness (QED) is 0.444. The Balaban J connectivity index is 1.91. The number of carbonyl (C=O) groups is 1. The van der Waals surface area contributed by atoms with E-state index in [2.05, 4.69) is 10.3 Å². The second-order valence-electron chi connectivity index (χ2n) is 7.66. The Morgan fingerprint density at radius 1 is 1.41 bits per heavy atom. The predicted molar refractivity (Wildman–Crippen MR) is 107 cm³/mol. The Bertz CT molecular complexity index is 683. The number of amidine groups is 1. The first-order chi connectivity index (χ1) is 12.7. The van der Waals surface area contributed by atoms with E-state index < -0.39 is 11.4 Å². The summed E-state index contributed by atoms with van der Waals surface area (Å²) >= 11 is 5.64. The number of aliphatic imine (C=N–C) groups is 1. The number of nitrogens with one attached hydrogen (secondary N) is 1. The normalized spacial score (nSPS) is 16.3. The topological polar surface area (TPSA) is 80.0 Å². The van der Waals surface area contributed by atoms with Gasteiger partial charge in [0.15, 0.2) is 5.82 Å². The van der Waals surface area contributed by atoms with Gasteiger partial charge in [-0.2, -0.15) is 0 Å². The van der Waals surface area contributed by atoms with Gasteiger partial charge in [-0.05, 0) is 51.7 Å². The zero-order valence-corrected chi connectivity index (χ0v) is 16.9. The Hall–Kier alpha value is -2.02. The van der Waals surface area contributed by atoms with Crippen molar-refractivity contribution >= 4 is 34.9 Å². The smallest absolute Gasteiger partial charge is 0.410 e. The summed E-state index contributed by atoms with van der Waals surface area (Å²) in [6.07, 6.45) is 1.43. The van der Waals surface area contributed by atoms with Crippen LogP contribution in [0.3, 0.4) is 0 Å². The van der Waals surface area contributed by atoms with Gasteiger partial charge in [-0.25, -0.2) is 14.2 Å². The lowest BCUT2D eigenvalue weighted by molar-refractivity contribution is 0.0188. The molecule has 0 unspecified atom stereocenters. The number of anilines is 1. The van der Waals surface area contributed by atoms with Crippen molar-refractivity contribution in [1.82, 2.24) is 4.90 Å². The molecule has 27 heavy (non-hydrogen) atoms. The molecular formula is C19H28ClFN4O2. The standard InChI is InChI=1S/C19H28ClFN4O2/c1-19(2,3)27-18(26)25-9-7-13(8-10-25)12-23-15-6-4-5-14(21)17(15)24-16(22)11-20/h4-6,13,23H,7-12H2,1-3H3,(H2,22,24). The van der Waals surface area contributed by atoms with Gasteiger partial charge in [0.2, 0.25) is 0 Å². The van der Waals surface area contributed by atoms with Crippen LogP contribution < -0.4 is 11.1 Å². The molecule has 0 aromatic heterocycles. The van der Waals surface area contributed by atoms with Crippen molar-refractivity contribution in [3.05, 3.63) is 24.0 Å². The van der Waals surface area contributed by atoms with Gasteiger partial charge in [0.1, 0.15) is 17.1 Å². The number of alkyl halides is 1. The highest BCUT2D eigenvalue weighted by Gasteiger charge is 2.26. The first kappa shape index (κ1) is 21.3. The SMILES string of the molecule is CC(C)(C)OC(=O)N1CCC(CNc2cccc(F)c2N=C(N)CCl)CC1. The molecule has 1 heterocycles. The van der Waals surface area contributed by atoms with Crippen LogP contribution in [0.15, 0.2) is 23.2 Å². The van der Waals surface area contributed by atoms with Crippen molar-refractivity contribution in [1.29, 1.82) is 0 Å². The van der Waals surface area contributed by atoms with E-state index in [1.54, 1.807) is 17.0 Å². The number of benzene rings is 1. The van der Waals surface area contributed by atoms with E-state index in [9.17, 15) is 9.18 Å². The highest BCUT2D eigenvalue weighted by atomic mass is 35.5. The molecule has 1 aliphatic heterocycles. The maximum absolute atomic E-state index is 14.1. The van der Waals surface area contributed by atoms with E-state index in [1.165, 1.54) is 6.07 Å². The number of likely N-dealkylation sites (tertiary alicyclic amines) is 1. The molecule has 0 aliphatic carbocycles. The highest BCUT2D eigenvalue weighted by molar-refractivity contribution is 6.28. The molecule has 1 saturated heterocycles. The molecule has 1 fully saturated rings. The third-order valence-electron chi connectivity index (χ3n) is 4.23. The largest absolute Gasteiger partial charge is 0.444 e. The maximum atomic E-state index is 14.1. The Morgan fingerprint density at radius 2 is 2.07 bits per heavy atom. The summed E-state index contributed by atoms with van der Waals surface area (Å²) in [4.78, 5) is 17.9. The van der Waals surface area contributed by atoms with E-state index in [0.717, 1.165) is 12.8 Å². The minimum absolute atomic E-state index is 0.0386. The zero-order chi connectivity index (χ0) is 20.0. The van der Waals surface area contributed by atoms with Gasteiger partial charge in [-0.3, -0.25) is 0 Å². The number of para-hydroxylation sites is 1.